The molecule has 4 aromatic rings. The van der Waals surface area contributed by atoms with Crippen molar-refractivity contribution in [1.82, 2.24) is 10.3 Å². The van der Waals surface area contributed by atoms with Gasteiger partial charge in [-0.15, -0.1) is 0 Å². The molecular weight excluding hydrogens is 452 g/mol. The fourth-order valence-corrected chi connectivity index (χ4v) is 4.42. The first kappa shape index (κ1) is 23.9. The van der Waals surface area contributed by atoms with E-state index in [-0.39, 0.29) is 0 Å². The lowest BCUT2D eigenvalue weighted by Crippen LogP contribution is -2.26. The molecule has 1 aromatic heterocycles. The maximum Gasteiger partial charge on any atom is 0.229 e. The average Bonchev–Trinajstić information content (AvgIpc) is 3.14. The van der Waals surface area contributed by atoms with E-state index in [0.29, 0.717) is 30.9 Å². The Kier molecular flexibility index (Phi) is 6.97. The summed E-state index contributed by atoms with van der Waals surface area (Å²) < 4.78 is 31.1. The van der Waals surface area contributed by atoms with Crippen LogP contribution in [0.3, 0.4) is 0 Å². The third kappa shape index (κ3) is 5.80. The molecule has 4 rings (SSSR count). The second kappa shape index (κ2) is 9.92. The highest BCUT2D eigenvalue weighted by Crippen LogP contribution is 2.30. The molecule has 0 saturated carbocycles. The molecule has 4 N–H and O–H groups in total. The number of aliphatic hydroxyl groups is 1. The number of aromatic nitrogens is 1. The molecule has 34 heavy (non-hydrogen) atoms. The zero-order valence-corrected chi connectivity index (χ0v) is 20.3. The van der Waals surface area contributed by atoms with E-state index in [1.54, 1.807) is 24.3 Å². The minimum atomic E-state index is -3.37. The summed E-state index contributed by atoms with van der Waals surface area (Å²) in [4.78, 5) is 5.54. The van der Waals surface area contributed by atoms with Crippen LogP contribution in [0.5, 0.6) is 5.75 Å². The maximum atomic E-state index is 11.4. The lowest BCUT2D eigenvalue weighted by molar-refractivity contribution is 0.172. The highest BCUT2D eigenvalue weighted by atomic mass is 32.2. The summed E-state index contributed by atoms with van der Waals surface area (Å²) in [5.74, 6) is 0.772. The van der Waals surface area contributed by atoms with Gasteiger partial charge in [0.1, 0.15) is 12.4 Å². The van der Waals surface area contributed by atoms with Crippen LogP contribution in [-0.2, 0) is 10.0 Å². The van der Waals surface area contributed by atoms with E-state index in [9.17, 15) is 13.5 Å². The van der Waals surface area contributed by atoms with Crippen molar-refractivity contribution in [2.75, 3.05) is 49.7 Å². The molecule has 0 bridgehead atoms. The van der Waals surface area contributed by atoms with Crippen molar-refractivity contribution in [2.24, 2.45) is 0 Å². The number of aliphatic hydroxyl groups excluding tert-OH is 1. The number of aromatic amines is 1. The zero-order chi connectivity index (χ0) is 24.3. The largest absolute Gasteiger partial charge is 0.492 e. The number of H-pyrrole nitrogens is 1. The summed E-state index contributed by atoms with van der Waals surface area (Å²) in [7, 11) is 0.683. The Morgan fingerprint density at radius 2 is 1.76 bits per heavy atom. The van der Waals surface area contributed by atoms with Gasteiger partial charge < -0.3 is 25.0 Å². The van der Waals surface area contributed by atoms with Crippen LogP contribution in [-0.4, -0.2) is 58.6 Å². The van der Waals surface area contributed by atoms with Crippen molar-refractivity contribution in [1.29, 1.82) is 0 Å². The molecule has 0 spiro atoms. The van der Waals surface area contributed by atoms with Gasteiger partial charge in [0.15, 0.2) is 0 Å². The van der Waals surface area contributed by atoms with Gasteiger partial charge in [-0.05, 0) is 42.0 Å². The second-order valence-electron chi connectivity index (χ2n) is 8.52. The number of anilines is 2. The topological polar surface area (TPSA) is 107 Å². The van der Waals surface area contributed by atoms with Crippen molar-refractivity contribution in [2.45, 2.75) is 6.10 Å². The summed E-state index contributed by atoms with van der Waals surface area (Å²) in [6.07, 6.45) is 0.324. The Balaban J connectivity index is 1.30. The van der Waals surface area contributed by atoms with Gasteiger partial charge in [0.2, 0.25) is 10.0 Å². The molecule has 3 aromatic carbocycles. The summed E-state index contributed by atoms with van der Waals surface area (Å²) in [6.45, 7) is 1.31. The molecule has 1 unspecified atom stereocenters. The molecule has 8 nitrogen and oxygen atoms in total. The van der Waals surface area contributed by atoms with Crippen molar-refractivity contribution >= 4 is 43.2 Å². The summed E-state index contributed by atoms with van der Waals surface area (Å²) >= 11 is 0. The third-order valence-corrected chi connectivity index (χ3v) is 6.14. The van der Waals surface area contributed by atoms with Gasteiger partial charge in [-0.1, -0.05) is 18.2 Å². The number of nitrogens with one attached hydrogen (secondary N) is 3. The first-order chi connectivity index (χ1) is 16.2. The molecule has 0 aliphatic carbocycles. The smallest absolute Gasteiger partial charge is 0.229 e. The number of fused-ring (bicyclic) bond motifs is 3. The van der Waals surface area contributed by atoms with E-state index < -0.39 is 16.1 Å². The molecule has 0 saturated heterocycles. The molecule has 0 radical (unpaired) electrons. The van der Waals surface area contributed by atoms with Gasteiger partial charge >= 0.3 is 0 Å². The van der Waals surface area contributed by atoms with E-state index in [0.717, 1.165) is 34.1 Å². The van der Waals surface area contributed by atoms with Crippen LogP contribution >= 0.6 is 0 Å². The number of sulfonamides is 1. The number of hydrogen-bond acceptors (Lipinski definition) is 6. The van der Waals surface area contributed by atoms with Crippen molar-refractivity contribution in [3.05, 3.63) is 66.2 Å². The summed E-state index contributed by atoms with van der Waals surface area (Å²) in [5, 5.41) is 15.9. The second-order valence-corrected chi connectivity index (χ2v) is 10.3. The molecule has 9 heteroatoms. The van der Waals surface area contributed by atoms with E-state index in [1.165, 1.54) is 5.39 Å². The van der Waals surface area contributed by atoms with E-state index >= 15 is 0 Å². The van der Waals surface area contributed by atoms with E-state index in [4.69, 9.17) is 4.74 Å². The number of rotatable bonds is 10. The van der Waals surface area contributed by atoms with Crippen LogP contribution in [0.4, 0.5) is 11.4 Å². The van der Waals surface area contributed by atoms with Crippen LogP contribution < -0.4 is 19.7 Å². The molecule has 1 heterocycles. The molecular formula is C25H30N4O4S. The van der Waals surface area contributed by atoms with E-state index in [1.807, 2.05) is 26.2 Å². The minimum absolute atomic E-state index is 0.320. The molecule has 0 aliphatic heterocycles. The quantitative estimate of drug-likeness (QED) is 0.258. The van der Waals surface area contributed by atoms with Gasteiger partial charge in [0.05, 0.1) is 17.9 Å². The maximum absolute atomic E-state index is 11.4. The fraction of sp³-hybridized carbons (Fsp3) is 0.280. The Morgan fingerprint density at radius 1 is 1.03 bits per heavy atom. The van der Waals surface area contributed by atoms with Crippen LogP contribution in [0.1, 0.15) is 11.7 Å². The van der Waals surface area contributed by atoms with Crippen molar-refractivity contribution in [3.8, 4) is 5.75 Å². The first-order valence-corrected chi connectivity index (χ1v) is 12.9. The number of nitrogens with zero attached hydrogens (tertiary/aromatic N) is 1. The number of hydrogen-bond donors (Lipinski definition) is 4. The Labute approximate surface area is 199 Å². The summed E-state index contributed by atoms with van der Waals surface area (Å²) in [5.41, 5.74) is 4.30. The summed E-state index contributed by atoms with van der Waals surface area (Å²) in [6, 6.07) is 19.1. The number of ether oxygens (including phenoxy) is 1. The SMILES string of the molecule is CN(C)c1ccc2c(c1)[nH]c1cc(OCCNCC(O)c3cccc(NS(C)(=O)=O)c3)ccc12. The van der Waals surface area contributed by atoms with Crippen molar-refractivity contribution in [3.63, 3.8) is 0 Å². The predicted molar refractivity (Wildman–Crippen MR) is 138 cm³/mol. The zero-order valence-electron chi connectivity index (χ0n) is 19.5. The standard InChI is InChI=1S/C25H30N4O4S/c1-29(2)19-7-9-21-22-10-8-20(15-24(22)27-23(21)14-19)33-12-11-26-16-25(30)17-5-4-6-18(13-17)28-34(3,31)32/h4-10,13-15,25-28,30H,11-12,16H2,1-3H3. The van der Waals surface area contributed by atoms with Gasteiger partial charge in [-0.2, -0.15) is 0 Å². The predicted octanol–water partition coefficient (Wildman–Crippen LogP) is 3.46. The lowest BCUT2D eigenvalue weighted by atomic mass is 10.1. The third-order valence-electron chi connectivity index (χ3n) is 5.53. The Morgan fingerprint density at radius 3 is 2.50 bits per heavy atom. The Hall–Kier alpha value is -3.27. The average molecular weight is 483 g/mol. The molecule has 180 valence electrons. The Bertz CT molecular complexity index is 1400. The van der Waals surface area contributed by atoms with Gasteiger partial charge in [-0.25, -0.2) is 8.42 Å². The minimum Gasteiger partial charge on any atom is -0.492 e. The van der Waals surface area contributed by atoms with E-state index in [2.05, 4.69) is 44.2 Å². The normalized spacial score (nSPS) is 12.7. The number of benzene rings is 3. The fourth-order valence-electron chi connectivity index (χ4n) is 3.87. The lowest BCUT2D eigenvalue weighted by Gasteiger charge is -2.14. The molecule has 0 fully saturated rings. The van der Waals surface area contributed by atoms with Crippen LogP contribution in [0.25, 0.3) is 21.8 Å². The molecule has 0 aliphatic rings. The van der Waals surface area contributed by atoms with Crippen LogP contribution in [0, 0.1) is 0 Å². The molecule has 1 atom stereocenters. The highest BCUT2D eigenvalue weighted by molar-refractivity contribution is 7.92. The monoisotopic (exact) mass is 482 g/mol. The highest BCUT2D eigenvalue weighted by Gasteiger charge is 2.10. The van der Waals surface area contributed by atoms with Gasteiger partial charge in [-0.3, -0.25) is 4.72 Å². The van der Waals surface area contributed by atoms with Crippen LogP contribution in [0.15, 0.2) is 60.7 Å². The first-order valence-electron chi connectivity index (χ1n) is 11.0. The van der Waals surface area contributed by atoms with Gasteiger partial charge in [0, 0.05) is 60.9 Å². The van der Waals surface area contributed by atoms with Gasteiger partial charge in [0.25, 0.3) is 0 Å². The van der Waals surface area contributed by atoms with Crippen LogP contribution in [0.2, 0.25) is 0 Å². The van der Waals surface area contributed by atoms with Crippen molar-refractivity contribution < 1.29 is 18.3 Å². The molecule has 0 amide bonds.